The molecule has 0 saturated heterocycles. The van der Waals surface area contributed by atoms with Gasteiger partial charge < -0.3 is 30.3 Å². The van der Waals surface area contributed by atoms with Crippen LogP contribution in [0.5, 0.6) is 5.75 Å². The number of carbonyl (C=O) groups is 5. The van der Waals surface area contributed by atoms with Gasteiger partial charge in [-0.2, -0.15) is 0 Å². The van der Waals surface area contributed by atoms with Gasteiger partial charge in [0.05, 0.1) is 38.3 Å². The largest absolute Gasteiger partial charge is 0.508 e. The van der Waals surface area contributed by atoms with Crippen molar-refractivity contribution in [1.82, 2.24) is 10.6 Å². The number of ketones is 2. The molecule has 0 aliphatic rings. The number of hydrogen-bond donors (Lipinski definition) is 4. The number of nitrogens with zero attached hydrogens (tertiary/aromatic N) is 3. The summed E-state index contributed by atoms with van der Waals surface area (Å²) < 4.78 is 10.6. The molecule has 1 aromatic carbocycles. The minimum Gasteiger partial charge on any atom is -0.508 e. The SMILES string of the molecule is CC(=O)N[C@@H](Cc1ccc(O)cc1)C(=O)C[C@H](CC(C)C)C(=O)N[C@@H](CC(=O)O)C(=O)CCCOCCOCCN=[N+]=[N-]. The first-order chi connectivity index (χ1) is 20.4. The van der Waals surface area contributed by atoms with Gasteiger partial charge in [-0.05, 0) is 48.4 Å². The van der Waals surface area contributed by atoms with Gasteiger partial charge in [-0.3, -0.25) is 24.0 Å². The fourth-order valence-corrected chi connectivity index (χ4v) is 4.30. The Bertz CT molecular complexity index is 1100. The Morgan fingerprint density at radius 3 is 2.16 bits per heavy atom. The normalized spacial score (nSPS) is 12.9. The molecule has 0 heterocycles. The fraction of sp³-hybridized carbons (Fsp3) is 0.621. The molecule has 1 rings (SSSR count). The van der Waals surface area contributed by atoms with Crippen molar-refractivity contribution in [3.8, 4) is 5.75 Å². The third-order valence-corrected chi connectivity index (χ3v) is 6.28. The number of hydrogen-bond acceptors (Lipinski definition) is 9. The Morgan fingerprint density at radius 2 is 1.58 bits per heavy atom. The number of phenols is 1. The van der Waals surface area contributed by atoms with Crippen LogP contribution in [0.15, 0.2) is 29.4 Å². The van der Waals surface area contributed by atoms with Gasteiger partial charge in [0.15, 0.2) is 11.6 Å². The number of aromatic hydroxyl groups is 1. The number of phenolic OH excluding ortho intramolecular Hbond substituents is 1. The summed E-state index contributed by atoms with van der Waals surface area (Å²) >= 11 is 0. The van der Waals surface area contributed by atoms with Crippen LogP contribution in [0.25, 0.3) is 10.4 Å². The molecular formula is C29H43N5O9. The van der Waals surface area contributed by atoms with Crippen LogP contribution < -0.4 is 10.6 Å². The number of carboxylic acids is 1. The zero-order chi connectivity index (χ0) is 32.2. The number of azide groups is 1. The molecule has 0 saturated carbocycles. The second kappa shape index (κ2) is 20.8. The molecule has 14 heteroatoms. The molecule has 0 radical (unpaired) electrons. The lowest BCUT2D eigenvalue weighted by atomic mass is 9.88. The fourth-order valence-electron chi connectivity index (χ4n) is 4.30. The molecule has 43 heavy (non-hydrogen) atoms. The Morgan fingerprint density at radius 1 is 0.930 bits per heavy atom. The van der Waals surface area contributed by atoms with Crippen LogP contribution in [0, 0.1) is 11.8 Å². The monoisotopic (exact) mass is 605 g/mol. The van der Waals surface area contributed by atoms with Crippen molar-refractivity contribution in [2.75, 3.05) is 33.0 Å². The molecule has 0 fully saturated rings. The molecule has 3 atom stereocenters. The Balaban J connectivity index is 2.80. The summed E-state index contributed by atoms with van der Waals surface area (Å²) in [6, 6.07) is 4.00. The summed E-state index contributed by atoms with van der Waals surface area (Å²) in [7, 11) is 0. The van der Waals surface area contributed by atoms with Crippen molar-refractivity contribution in [3.05, 3.63) is 40.3 Å². The molecule has 0 aliphatic heterocycles. The summed E-state index contributed by atoms with van der Waals surface area (Å²) in [6.07, 6.45) is -0.106. The van der Waals surface area contributed by atoms with E-state index < -0.39 is 48.0 Å². The summed E-state index contributed by atoms with van der Waals surface area (Å²) in [6.45, 7) is 6.26. The first kappa shape index (κ1) is 37.0. The van der Waals surface area contributed by atoms with Crippen LogP contribution >= 0.6 is 0 Å². The van der Waals surface area contributed by atoms with E-state index in [9.17, 15) is 34.2 Å². The van der Waals surface area contributed by atoms with E-state index >= 15 is 0 Å². The van der Waals surface area contributed by atoms with Crippen LogP contribution in [0.1, 0.15) is 58.4 Å². The number of benzene rings is 1. The highest BCUT2D eigenvalue weighted by Crippen LogP contribution is 2.20. The predicted octanol–water partition coefficient (Wildman–Crippen LogP) is 2.71. The first-order valence-electron chi connectivity index (χ1n) is 14.2. The van der Waals surface area contributed by atoms with Crippen molar-refractivity contribution in [3.63, 3.8) is 0 Å². The van der Waals surface area contributed by atoms with Crippen molar-refractivity contribution < 1.29 is 43.7 Å². The maximum Gasteiger partial charge on any atom is 0.305 e. The lowest BCUT2D eigenvalue weighted by Gasteiger charge is -2.24. The topological polar surface area (TPSA) is 217 Å². The van der Waals surface area contributed by atoms with Gasteiger partial charge in [-0.15, -0.1) is 0 Å². The average molecular weight is 606 g/mol. The highest BCUT2D eigenvalue weighted by atomic mass is 16.5. The number of carbonyl (C=O) groups excluding carboxylic acids is 4. The van der Waals surface area contributed by atoms with E-state index in [4.69, 9.17) is 15.0 Å². The zero-order valence-corrected chi connectivity index (χ0v) is 25.0. The van der Waals surface area contributed by atoms with Gasteiger partial charge in [0, 0.05) is 43.7 Å². The number of nitrogens with one attached hydrogen (secondary N) is 2. The van der Waals surface area contributed by atoms with Gasteiger partial charge >= 0.3 is 5.97 Å². The van der Waals surface area contributed by atoms with Crippen molar-refractivity contribution in [2.45, 2.75) is 71.4 Å². The van der Waals surface area contributed by atoms with Crippen molar-refractivity contribution in [2.24, 2.45) is 17.0 Å². The Kier molecular flexibility index (Phi) is 17.9. The number of carboxylic acid groups (broad SMARTS) is 1. The van der Waals surface area contributed by atoms with Crippen LogP contribution in [0.2, 0.25) is 0 Å². The van der Waals surface area contributed by atoms with E-state index in [-0.39, 0.29) is 69.7 Å². The van der Waals surface area contributed by atoms with Gasteiger partial charge in [-0.25, -0.2) is 0 Å². The third-order valence-electron chi connectivity index (χ3n) is 6.28. The second-order valence-corrected chi connectivity index (χ2v) is 10.5. The smallest absolute Gasteiger partial charge is 0.305 e. The molecule has 0 aliphatic carbocycles. The zero-order valence-electron chi connectivity index (χ0n) is 25.0. The molecule has 4 N–H and O–H groups in total. The second-order valence-electron chi connectivity index (χ2n) is 10.5. The highest BCUT2D eigenvalue weighted by Gasteiger charge is 2.31. The quantitative estimate of drug-likeness (QED) is 0.0623. The Hall–Kier alpha value is -4.00. The Labute approximate surface area is 251 Å². The van der Waals surface area contributed by atoms with Crippen LogP contribution in [-0.2, 0) is 39.9 Å². The van der Waals surface area contributed by atoms with E-state index in [1.165, 1.54) is 19.1 Å². The first-order valence-corrected chi connectivity index (χ1v) is 14.2. The van der Waals surface area contributed by atoms with Gasteiger partial charge in [0.25, 0.3) is 0 Å². The van der Waals surface area contributed by atoms with Crippen LogP contribution in [0.3, 0.4) is 0 Å². The summed E-state index contributed by atoms with van der Waals surface area (Å²) in [4.78, 5) is 65.4. The lowest BCUT2D eigenvalue weighted by Crippen LogP contribution is -2.47. The molecular weight excluding hydrogens is 562 g/mol. The average Bonchev–Trinajstić information content (AvgIpc) is 2.93. The molecule has 2 amide bonds. The van der Waals surface area contributed by atoms with E-state index in [1.54, 1.807) is 12.1 Å². The van der Waals surface area contributed by atoms with Crippen LogP contribution in [0.4, 0.5) is 0 Å². The van der Waals surface area contributed by atoms with E-state index in [1.807, 2.05) is 13.8 Å². The third kappa shape index (κ3) is 16.9. The molecule has 0 spiro atoms. The minimum atomic E-state index is -1.28. The van der Waals surface area contributed by atoms with Crippen molar-refractivity contribution in [1.29, 1.82) is 0 Å². The molecule has 238 valence electrons. The molecule has 0 bridgehead atoms. The standard InChI is InChI=1S/C29H43N5O9/c1-19(2)15-22(17-27(38)24(32-20(3)35)16-21-6-8-23(36)9-7-21)29(41)33-25(18-28(39)40)26(37)5-4-11-42-13-14-43-12-10-31-34-30/h6-9,19,22,24-25,36H,4-5,10-18H2,1-3H3,(H,32,35)(H,33,41)(H,39,40)/t22-,24-,25-/m0/s1. The van der Waals surface area contributed by atoms with E-state index in [0.717, 1.165) is 0 Å². The maximum atomic E-state index is 13.3. The van der Waals surface area contributed by atoms with Crippen molar-refractivity contribution >= 4 is 29.4 Å². The van der Waals surface area contributed by atoms with Gasteiger partial charge in [0.2, 0.25) is 11.8 Å². The summed E-state index contributed by atoms with van der Waals surface area (Å²) in [5.41, 5.74) is 8.90. The number of aliphatic carboxylic acids is 1. The molecule has 14 nitrogen and oxygen atoms in total. The highest BCUT2D eigenvalue weighted by molar-refractivity contribution is 5.95. The van der Waals surface area contributed by atoms with Gasteiger partial charge in [-0.1, -0.05) is 31.1 Å². The van der Waals surface area contributed by atoms with Gasteiger partial charge in [0.1, 0.15) is 5.75 Å². The number of ether oxygens (including phenoxy) is 2. The van der Waals surface area contributed by atoms with E-state index in [2.05, 4.69) is 20.7 Å². The molecule has 0 unspecified atom stereocenters. The molecule has 1 aromatic rings. The number of rotatable bonds is 23. The lowest BCUT2D eigenvalue weighted by molar-refractivity contribution is -0.141. The predicted molar refractivity (Wildman–Crippen MR) is 156 cm³/mol. The number of Topliss-reactive ketones (excluding diaryl/α,β-unsaturated/α-hetero) is 2. The summed E-state index contributed by atoms with van der Waals surface area (Å²) in [5, 5.41) is 27.4. The summed E-state index contributed by atoms with van der Waals surface area (Å²) in [5.74, 6) is -3.93. The maximum absolute atomic E-state index is 13.3. The van der Waals surface area contributed by atoms with Crippen LogP contribution in [-0.4, -0.2) is 84.6 Å². The van der Waals surface area contributed by atoms with E-state index in [0.29, 0.717) is 18.4 Å². The number of amides is 2. The minimum absolute atomic E-state index is 0.00805. The molecule has 0 aromatic heterocycles.